The van der Waals surface area contributed by atoms with Gasteiger partial charge in [-0.1, -0.05) is 0 Å². The van der Waals surface area contributed by atoms with Crippen molar-refractivity contribution in [3.05, 3.63) is 53.1 Å². The molecule has 1 saturated heterocycles. The molecule has 2 aromatic heterocycles. The molecule has 3 heterocycles. The summed E-state index contributed by atoms with van der Waals surface area (Å²) >= 11 is 0. The fourth-order valence-corrected chi connectivity index (χ4v) is 2.92. The number of alkyl halides is 1. The maximum atomic E-state index is 14.1. The van der Waals surface area contributed by atoms with Crippen LogP contribution in [0.5, 0.6) is 0 Å². The summed E-state index contributed by atoms with van der Waals surface area (Å²) in [5, 5.41) is 15.1. The quantitative estimate of drug-likeness (QED) is 0.741. The van der Waals surface area contributed by atoms with Gasteiger partial charge < -0.3 is 16.4 Å². The molecular weight excluding hydrogens is 335 g/mol. The van der Waals surface area contributed by atoms with Gasteiger partial charge in [-0.3, -0.25) is 14.8 Å². The Bertz CT molecular complexity index is 850. The largest absolute Gasteiger partial charge is 0.379 e. The summed E-state index contributed by atoms with van der Waals surface area (Å²) < 4.78 is 14.1. The summed E-state index contributed by atoms with van der Waals surface area (Å²) in [6, 6.07) is 6.66. The van der Waals surface area contributed by atoms with E-state index in [4.69, 9.17) is 11.0 Å². The topological polar surface area (TPSA) is 117 Å². The van der Waals surface area contributed by atoms with E-state index < -0.39 is 18.1 Å². The summed E-state index contributed by atoms with van der Waals surface area (Å²) in [6.45, 7) is 0.971. The molecule has 0 aromatic carbocycles. The number of aromatic nitrogens is 2. The molecule has 3 rings (SSSR count). The molecular formula is C18H19FN6O. The molecule has 0 saturated carbocycles. The number of nitrogens with two attached hydrogens (primary N) is 1. The fraction of sp³-hybridized carbons (Fsp3) is 0.333. The number of halogens is 1. The van der Waals surface area contributed by atoms with Gasteiger partial charge in [0, 0.05) is 36.7 Å². The molecule has 0 spiro atoms. The zero-order valence-electron chi connectivity index (χ0n) is 14.1. The number of nitriles is 1. The molecule has 1 amide bonds. The van der Waals surface area contributed by atoms with Gasteiger partial charge in [0.05, 0.1) is 28.9 Å². The standard InChI is InChI=1S/C18H19FN6O/c19-15-10-22-3-2-16(15)25-17-7-13(24-9-14(17)18(21)26)6-12-5-11(8-20)1-4-23-12/h1,4-5,7,9,15-16,22H,2-3,6,10H2,(H2,21,26)(H,24,25)/t15-,16+/m0/s1. The monoisotopic (exact) mass is 354 g/mol. The van der Waals surface area contributed by atoms with Crippen molar-refractivity contribution in [2.24, 2.45) is 5.73 Å². The minimum absolute atomic E-state index is 0.221. The number of hydrogen-bond donors (Lipinski definition) is 3. The zero-order chi connectivity index (χ0) is 18.5. The third kappa shape index (κ3) is 4.13. The Hall–Kier alpha value is -3.05. The number of rotatable bonds is 5. The van der Waals surface area contributed by atoms with E-state index in [1.807, 2.05) is 0 Å². The van der Waals surface area contributed by atoms with Crippen molar-refractivity contribution >= 4 is 11.6 Å². The number of hydrogen-bond acceptors (Lipinski definition) is 6. The molecule has 2 aromatic rings. The number of nitrogens with zero attached hydrogens (tertiary/aromatic N) is 3. The first-order valence-electron chi connectivity index (χ1n) is 8.32. The highest BCUT2D eigenvalue weighted by atomic mass is 19.1. The highest BCUT2D eigenvalue weighted by Crippen LogP contribution is 2.21. The van der Waals surface area contributed by atoms with E-state index in [1.54, 1.807) is 24.4 Å². The molecule has 1 aliphatic rings. The van der Waals surface area contributed by atoms with Crippen molar-refractivity contribution in [3.63, 3.8) is 0 Å². The van der Waals surface area contributed by atoms with Crippen molar-refractivity contribution < 1.29 is 9.18 Å². The number of nitrogens with one attached hydrogen (secondary N) is 2. The van der Waals surface area contributed by atoms with Crippen LogP contribution in [0, 0.1) is 11.3 Å². The van der Waals surface area contributed by atoms with E-state index in [-0.39, 0.29) is 12.1 Å². The Morgan fingerprint density at radius 3 is 2.96 bits per heavy atom. The minimum Gasteiger partial charge on any atom is -0.379 e. The van der Waals surface area contributed by atoms with Gasteiger partial charge in [-0.15, -0.1) is 0 Å². The van der Waals surface area contributed by atoms with E-state index in [0.717, 1.165) is 0 Å². The van der Waals surface area contributed by atoms with Crippen molar-refractivity contribution in [2.45, 2.75) is 25.1 Å². The summed E-state index contributed by atoms with van der Waals surface area (Å²) in [5.74, 6) is -0.625. The molecule has 1 fully saturated rings. The molecule has 2 atom stereocenters. The smallest absolute Gasteiger partial charge is 0.252 e. The van der Waals surface area contributed by atoms with E-state index in [1.165, 1.54) is 6.20 Å². The van der Waals surface area contributed by atoms with Crippen LogP contribution >= 0.6 is 0 Å². The second kappa shape index (κ2) is 7.89. The normalized spacial score (nSPS) is 19.5. The van der Waals surface area contributed by atoms with Crippen LogP contribution in [0.2, 0.25) is 0 Å². The van der Waals surface area contributed by atoms with Gasteiger partial charge in [0.15, 0.2) is 0 Å². The number of carbonyl (C=O) groups is 1. The summed E-state index contributed by atoms with van der Waals surface area (Å²) in [5.41, 5.74) is 7.94. The van der Waals surface area contributed by atoms with Crippen LogP contribution in [0.3, 0.4) is 0 Å². The molecule has 1 aliphatic heterocycles. The lowest BCUT2D eigenvalue weighted by Crippen LogP contribution is -2.45. The minimum atomic E-state index is -1.06. The number of amides is 1. The van der Waals surface area contributed by atoms with Gasteiger partial charge in [-0.25, -0.2) is 4.39 Å². The number of anilines is 1. The van der Waals surface area contributed by atoms with Crippen molar-refractivity contribution in [2.75, 3.05) is 18.4 Å². The molecule has 0 radical (unpaired) electrons. The number of piperidine rings is 1. The lowest BCUT2D eigenvalue weighted by Gasteiger charge is -2.29. The summed E-state index contributed by atoms with van der Waals surface area (Å²) in [4.78, 5) is 20.2. The number of pyridine rings is 2. The highest BCUT2D eigenvalue weighted by molar-refractivity contribution is 5.98. The van der Waals surface area contributed by atoms with E-state index in [2.05, 4.69) is 26.7 Å². The van der Waals surface area contributed by atoms with Crippen LogP contribution < -0.4 is 16.4 Å². The average Bonchev–Trinajstić information content (AvgIpc) is 2.64. The Morgan fingerprint density at radius 2 is 2.23 bits per heavy atom. The van der Waals surface area contributed by atoms with Crippen LogP contribution in [0.4, 0.5) is 10.1 Å². The zero-order valence-corrected chi connectivity index (χ0v) is 14.1. The summed E-state index contributed by atoms with van der Waals surface area (Å²) in [7, 11) is 0. The third-order valence-corrected chi connectivity index (χ3v) is 4.28. The van der Waals surface area contributed by atoms with Gasteiger partial charge in [0.2, 0.25) is 0 Å². The fourth-order valence-electron chi connectivity index (χ4n) is 2.92. The van der Waals surface area contributed by atoms with Crippen LogP contribution in [0.15, 0.2) is 30.6 Å². The average molecular weight is 354 g/mol. The lowest BCUT2D eigenvalue weighted by molar-refractivity contribution is 0.100. The molecule has 8 heteroatoms. The number of primary amides is 1. The van der Waals surface area contributed by atoms with Crippen molar-refractivity contribution in [1.82, 2.24) is 15.3 Å². The van der Waals surface area contributed by atoms with E-state index in [9.17, 15) is 9.18 Å². The maximum Gasteiger partial charge on any atom is 0.252 e. The van der Waals surface area contributed by atoms with Gasteiger partial charge in [0.1, 0.15) is 6.17 Å². The van der Waals surface area contributed by atoms with Crippen LogP contribution in [0.1, 0.15) is 33.7 Å². The summed E-state index contributed by atoms with van der Waals surface area (Å²) in [6.07, 6.45) is 2.88. The third-order valence-electron chi connectivity index (χ3n) is 4.28. The van der Waals surface area contributed by atoms with E-state index in [0.29, 0.717) is 42.0 Å². The SMILES string of the molecule is N#Cc1ccnc(Cc2cc(N[C@@H]3CCNC[C@@H]3F)c(C(N)=O)cn2)c1. The Morgan fingerprint density at radius 1 is 1.42 bits per heavy atom. The first kappa shape index (κ1) is 17.8. The van der Waals surface area contributed by atoms with Crippen LogP contribution in [-0.4, -0.2) is 41.2 Å². The Balaban J connectivity index is 1.85. The van der Waals surface area contributed by atoms with Crippen LogP contribution in [-0.2, 0) is 6.42 Å². The molecule has 4 N–H and O–H groups in total. The van der Waals surface area contributed by atoms with Gasteiger partial charge in [-0.2, -0.15) is 5.26 Å². The molecule has 134 valence electrons. The predicted octanol–water partition coefficient (Wildman–Crippen LogP) is 1.15. The molecule has 0 bridgehead atoms. The first-order chi connectivity index (χ1) is 12.6. The van der Waals surface area contributed by atoms with Crippen LogP contribution in [0.25, 0.3) is 0 Å². The maximum absolute atomic E-state index is 14.1. The second-order valence-corrected chi connectivity index (χ2v) is 6.17. The predicted molar refractivity (Wildman–Crippen MR) is 94.3 cm³/mol. The van der Waals surface area contributed by atoms with Crippen molar-refractivity contribution in [3.8, 4) is 6.07 Å². The molecule has 0 aliphatic carbocycles. The Labute approximate surface area is 150 Å². The van der Waals surface area contributed by atoms with Gasteiger partial charge in [-0.05, 0) is 31.2 Å². The molecule has 26 heavy (non-hydrogen) atoms. The van der Waals surface area contributed by atoms with Gasteiger partial charge >= 0.3 is 0 Å². The van der Waals surface area contributed by atoms with Crippen molar-refractivity contribution in [1.29, 1.82) is 5.26 Å². The molecule has 0 unspecified atom stereocenters. The van der Waals surface area contributed by atoms with Gasteiger partial charge in [0.25, 0.3) is 5.91 Å². The molecule has 7 nitrogen and oxygen atoms in total. The Kier molecular flexibility index (Phi) is 5.39. The second-order valence-electron chi connectivity index (χ2n) is 6.17. The lowest BCUT2D eigenvalue weighted by atomic mass is 10.0. The number of carbonyl (C=O) groups excluding carboxylic acids is 1. The highest BCUT2D eigenvalue weighted by Gasteiger charge is 2.25. The van der Waals surface area contributed by atoms with E-state index >= 15 is 0 Å². The first-order valence-corrected chi connectivity index (χ1v) is 8.32.